The number of hydrogen-bond donors (Lipinski definition) is 1. The van der Waals surface area contributed by atoms with Crippen LogP contribution in [0.2, 0.25) is 0 Å². The van der Waals surface area contributed by atoms with Crippen LogP contribution in [0.4, 0.5) is 11.4 Å². The fourth-order valence-corrected chi connectivity index (χ4v) is 3.15. The Morgan fingerprint density at radius 1 is 1.15 bits per heavy atom. The SMILES string of the molecule is C\C=C/C=C(C)/C(C)=N\C(=C/C)C(=S)Nc1ccccc1N1CCCC1. The maximum absolute atomic E-state index is 5.64. The lowest BCUT2D eigenvalue weighted by molar-refractivity contribution is 0.949. The molecule has 0 amide bonds. The van der Waals surface area contributed by atoms with E-state index in [0.717, 1.165) is 35.8 Å². The summed E-state index contributed by atoms with van der Waals surface area (Å²) in [5.41, 5.74) is 5.15. The molecule has 2 rings (SSSR count). The van der Waals surface area contributed by atoms with Gasteiger partial charge >= 0.3 is 0 Å². The van der Waals surface area contributed by atoms with E-state index < -0.39 is 0 Å². The van der Waals surface area contributed by atoms with E-state index in [1.807, 2.05) is 45.1 Å². The lowest BCUT2D eigenvalue weighted by atomic mass is 10.2. The van der Waals surface area contributed by atoms with Crippen LogP contribution in [0.5, 0.6) is 0 Å². The molecule has 1 aromatic carbocycles. The number of anilines is 2. The quantitative estimate of drug-likeness (QED) is 0.293. The van der Waals surface area contributed by atoms with Crippen molar-refractivity contribution in [2.75, 3.05) is 23.3 Å². The number of hydrogen-bond acceptors (Lipinski definition) is 3. The summed E-state index contributed by atoms with van der Waals surface area (Å²) in [6.07, 6.45) is 10.5. The highest BCUT2D eigenvalue weighted by atomic mass is 32.1. The Kier molecular flexibility index (Phi) is 7.79. The zero-order valence-corrected chi connectivity index (χ0v) is 17.1. The Balaban J connectivity index is 2.18. The highest BCUT2D eigenvalue weighted by Crippen LogP contribution is 2.29. The Morgan fingerprint density at radius 2 is 1.85 bits per heavy atom. The molecule has 0 radical (unpaired) electrons. The van der Waals surface area contributed by atoms with Crippen LogP contribution in [0.3, 0.4) is 0 Å². The van der Waals surface area contributed by atoms with Crippen LogP contribution in [-0.4, -0.2) is 23.8 Å². The molecule has 4 heteroatoms. The molecule has 0 bridgehead atoms. The molecule has 0 aromatic heterocycles. The summed E-state index contributed by atoms with van der Waals surface area (Å²) in [4.78, 5) is 7.80. The highest BCUT2D eigenvalue weighted by molar-refractivity contribution is 7.81. The van der Waals surface area contributed by atoms with Crippen molar-refractivity contribution in [3.63, 3.8) is 0 Å². The molecule has 3 nitrogen and oxygen atoms in total. The summed E-state index contributed by atoms with van der Waals surface area (Å²) in [6.45, 7) is 10.3. The van der Waals surface area contributed by atoms with E-state index in [1.165, 1.54) is 18.5 Å². The van der Waals surface area contributed by atoms with E-state index >= 15 is 0 Å². The van der Waals surface area contributed by atoms with E-state index in [1.54, 1.807) is 0 Å². The molecule has 26 heavy (non-hydrogen) atoms. The summed E-state index contributed by atoms with van der Waals surface area (Å²) in [7, 11) is 0. The molecule has 1 N–H and O–H groups in total. The van der Waals surface area contributed by atoms with E-state index in [2.05, 4.69) is 41.4 Å². The molecule has 1 heterocycles. The number of para-hydroxylation sites is 2. The van der Waals surface area contributed by atoms with Gasteiger partial charge in [-0.3, -0.25) is 4.99 Å². The van der Waals surface area contributed by atoms with Crippen molar-refractivity contribution in [2.24, 2.45) is 4.99 Å². The molecule has 1 fully saturated rings. The largest absolute Gasteiger partial charge is 0.370 e. The predicted molar refractivity (Wildman–Crippen MR) is 120 cm³/mol. The summed E-state index contributed by atoms with van der Waals surface area (Å²) in [5.74, 6) is 0. The minimum atomic E-state index is 0.650. The first-order chi connectivity index (χ1) is 12.6. The van der Waals surface area contributed by atoms with Crippen LogP contribution in [0.15, 0.2) is 64.8 Å². The molecule has 0 spiro atoms. The lowest BCUT2D eigenvalue weighted by Gasteiger charge is -2.22. The molecule has 0 saturated carbocycles. The molecule has 1 saturated heterocycles. The van der Waals surface area contributed by atoms with Gasteiger partial charge in [-0.25, -0.2) is 0 Å². The smallest absolute Gasteiger partial charge is 0.129 e. The maximum atomic E-state index is 5.64. The number of nitrogens with one attached hydrogen (secondary N) is 1. The Bertz CT molecular complexity index is 750. The molecule has 0 aliphatic carbocycles. The van der Waals surface area contributed by atoms with Gasteiger partial charge in [0.1, 0.15) is 4.99 Å². The summed E-state index contributed by atoms with van der Waals surface area (Å²) in [5, 5.41) is 3.41. The molecular weight excluding hydrogens is 338 g/mol. The lowest BCUT2D eigenvalue weighted by Crippen LogP contribution is -2.21. The number of nitrogens with zero attached hydrogens (tertiary/aromatic N) is 2. The Labute approximate surface area is 163 Å². The monoisotopic (exact) mass is 367 g/mol. The fraction of sp³-hybridized carbons (Fsp3) is 0.364. The zero-order valence-electron chi connectivity index (χ0n) is 16.2. The van der Waals surface area contributed by atoms with Crippen molar-refractivity contribution in [1.82, 2.24) is 0 Å². The average molecular weight is 368 g/mol. The van der Waals surface area contributed by atoms with Crippen molar-refractivity contribution in [2.45, 2.75) is 40.5 Å². The number of benzene rings is 1. The van der Waals surface area contributed by atoms with Crippen molar-refractivity contribution in [3.05, 3.63) is 59.8 Å². The standard InChI is InChI=1S/C22H29N3S/c1-5-7-12-17(3)18(4)23-19(6-2)22(26)24-20-13-8-9-14-21(20)25-15-10-11-16-25/h5-9,12-14H,10-11,15-16H2,1-4H3,(H,24,26)/b7-5-,17-12+,19-6-,23-18-. The van der Waals surface area contributed by atoms with Crippen LogP contribution in [-0.2, 0) is 0 Å². The van der Waals surface area contributed by atoms with Gasteiger partial charge in [0.25, 0.3) is 0 Å². The third-order valence-electron chi connectivity index (χ3n) is 4.50. The second-order valence-corrected chi connectivity index (χ2v) is 6.82. The van der Waals surface area contributed by atoms with Crippen molar-refractivity contribution >= 4 is 34.3 Å². The third-order valence-corrected chi connectivity index (χ3v) is 4.81. The Hall–Kier alpha value is -2.20. The first-order valence-corrected chi connectivity index (χ1v) is 9.64. The van der Waals surface area contributed by atoms with E-state index in [4.69, 9.17) is 17.2 Å². The van der Waals surface area contributed by atoms with Crippen LogP contribution in [0.1, 0.15) is 40.5 Å². The first-order valence-electron chi connectivity index (χ1n) is 9.23. The van der Waals surface area contributed by atoms with E-state index in [0.29, 0.717) is 4.99 Å². The van der Waals surface area contributed by atoms with Gasteiger partial charge in [0.2, 0.25) is 0 Å². The van der Waals surface area contributed by atoms with E-state index in [9.17, 15) is 0 Å². The van der Waals surface area contributed by atoms with Gasteiger partial charge in [0, 0.05) is 18.8 Å². The predicted octanol–water partition coefficient (Wildman–Crippen LogP) is 5.91. The van der Waals surface area contributed by atoms with Gasteiger partial charge in [-0.2, -0.15) is 0 Å². The molecule has 1 aliphatic rings. The van der Waals surface area contributed by atoms with Crippen molar-refractivity contribution in [1.29, 1.82) is 0 Å². The van der Waals surface area contributed by atoms with Crippen molar-refractivity contribution < 1.29 is 0 Å². The summed E-state index contributed by atoms with van der Waals surface area (Å²) in [6, 6.07) is 8.36. The summed E-state index contributed by atoms with van der Waals surface area (Å²) >= 11 is 5.64. The highest BCUT2D eigenvalue weighted by Gasteiger charge is 2.16. The molecule has 0 atom stereocenters. The Morgan fingerprint density at radius 3 is 2.50 bits per heavy atom. The molecule has 0 unspecified atom stereocenters. The number of allylic oxidation sites excluding steroid dienone is 5. The number of aliphatic imine (C=N–C) groups is 1. The topological polar surface area (TPSA) is 27.6 Å². The average Bonchev–Trinajstić information content (AvgIpc) is 3.18. The van der Waals surface area contributed by atoms with Gasteiger partial charge in [-0.05, 0) is 58.2 Å². The van der Waals surface area contributed by atoms with Crippen LogP contribution < -0.4 is 10.2 Å². The second-order valence-electron chi connectivity index (χ2n) is 6.41. The van der Waals surface area contributed by atoms with Crippen LogP contribution in [0, 0.1) is 0 Å². The minimum absolute atomic E-state index is 0.650. The second kappa shape index (κ2) is 10.1. The summed E-state index contributed by atoms with van der Waals surface area (Å²) < 4.78 is 0. The minimum Gasteiger partial charge on any atom is -0.370 e. The maximum Gasteiger partial charge on any atom is 0.129 e. The molecule has 1 aliphatic heterocycles. The fourth-order valence-electron chi connectivity index (χ4n) is 2.88. The normalized spacial score (nSPS) is 16.5. The van der Waals surface area contributed by atoms with Gasteiger partial charge in [-0.15, -0.1) is 0 Å². The molecule has 138 valence electrons. The molecular formula is C22H29N3S. The van der Waals surface area contributed by atoms with Crippen LogP contribution in [0.25, 0.3) is 0 Å². The first kappa shape index (κ1) is 20.1. The van der Waals surface area contributed by atoms with Gasteiger partial charge < -0.3 is 10.2 Å². The van der Waals surface area contributed by atoms with Gasteiger partial charge in [-0.1, -0.05) is 48.7 Å². The van der Waals surface area contributed by atoms with Crippen molar-refractivity contribution in [3.8, 4) is 0 Å². The molecule has 1 aromatic rings. The van der Waals surface area contributed by atoms with Gasteiger partial charge in [0.05, 0.1) is 17.1 Å². The van der Waals surface area contributed by atoms with E-state index in [-0.39, 0.29) is 0 Å². The van der Waals surface area contributed by atoms with Crippen LogP contribution >= 0.6 is 12.2 Å². The number of rotatable bonds is 6. The zero-order chi connectivity index (χ0) is 18.9. The van der Waals surface area contributed by atoms with Gasteiger partial charge in [0.15, 0.2) is 0 Å². The number of thiocarbonyl (C=S) groups is 1. The third kappa shape index (κ3) is 5.40.